The summed E-state index contributed by atoms with van der Waals surface area (Å²) in [4.78, 5) is 11.9. The second-order valence-corrected chi connectivity index (χ2v) is 6.25. The second-order valence-electron chi connectivity index (χ2n) is 6.25. The average molecular weight is 330 g/mol. The summed E-state index contributed by atoms with van der Waals surface area (Å²) < 4.78 is 1.81. The monoisotopic (exact) mass is 330 g/mol. The number of carbonyl (C=O) groups excluding carboxylic acids is 1. The van der Waals surface area contributed by atoms with E-state index in [9.17, 15) is 9.90 Å². The van der Waals surface area contributed by atoms with Crippen molar-refractivity contribution in [2.75, 3.05) is 11.9 Å². The summed E-state index contributed by atoms with van der Waals surface area (Å²) in [5.41, 5.74) is 1.15. The third-order valence-corrected chi connectivity index (χ3v) is 4.02. The van der Waals surface area contributed by atoms with E-state index >= 15 is 0 Å². The first kappa shape index (κ1) is 18.0. The van der Waals surface area contributed by atoms with Gasteiger partial charge in [-0.1, -0.05) is 44.2 Å². The molecule has 6 heteroatoms. The molecule has 1 aromatic carbocycles. The number of rotatable bonds is 7. The second kappa shape index (κ2) is 8.49. The lowest BCUT2D eigenvalue weighted by Crippen LogP contribution is -2.32. The first-order valence-electron chi connectivity index (χ1n) is 8.30. The van der Waals surface area contributed by atoms with Gasteiger partial charge in [0, 0.05) is 18.8 Å². The van der Waals surface area contributed by atoms with Gasteiger partial charge in [0.1, 0.15) is 0 Å². The zero-order valence-corrected chi connectivity index (χ0v) is 14.4. The number of amides is 2. The maximum Gasteiger partial charge on any atom is 0.320 e. The van der Waals surface area contributed by atoms with Crippen molar-refractivity contribution in [1.82, 2.24) is 15.1 Å². The Morgan fingerprint density at radius 1 is 1.21 bits per heavy atom. The highest BCUT2D eigenvalue weighted by Gasteiger charge is 2.12. The molecule has 130 valence electrons. The molecule has 0 aliphatic heterocycles. The van der Waals surface area contributed by atoms with Crippen LogP contribution >= 0.6 is 0 Å². The van der Waals surface area contributed by atoms with Gasteiger partial charge >= 0.3 is 6.03 Å². The number of benzene rings is 1. The van der Waals surface area contributed by atoms with Crippen LogP contribution in [-0.4, -0.2) is 33.6 Å². The summed E-state index contributed by atoms with van der Waals surface area (Å²) in [6.45, 7) is 6.38. The molecule has 0 saturated carbocycles. The highest BCUT2D eigenvalue weighted by molar-refractivity contribution is 5.88. The molecule has 0 radical (unpaired) electrons. The van der Waals surface area contributed by atoms with E-state index in [2.05, 4.69) is 22.7 Å². The SMILES string of the molecule is CC(C)C(O)CCNC(=O)Nc1ccn(C(C)c2ccccc2)n1. The van der Waals surface area contributed by atoms with E-state index in [1.807, 2.05) is 55.1 Å². The van der Waals surface area contributed by atoms with E-state index in [0.717, 1.165) is 5.56 Å². The third-order valence-electron chi connectivity index (χ3n) is 4.02. The van der Waals surface area contributed by atoms with Gasteiger partial charge in [-0.15, -0.1) is 0 Å². The minimum Gasteiger partial charge on any atom is -0.393 e. The Morgan fingerprint density at radius 3 is 2.58 bits per heavy atom. The van der Waals surface area contributed by atoms with Crippen molar-refractivity contribution in [3.05, 3.63) is 48.2 Å². The van der Waals surface area contributed by atoms with Crippen molar-refractivity contribution in [2.45, 2.75) is 39.3 Å². The van der Waals surface area contributed by atoms with E-state index in [4.69, 9.17) is 0 Å². The zero-order chi connectivity index (χ0) is 17.5. The van der Waals surface area contributed by atoms with Crippen molar-refractivity contribution in [3.63, 3.8) is 0 Å². The van der Waals surface area contributed by atoms with Crippen molar-refractivity contribution in [1.29, 1.82) is 0 Å². The lowest BCUT2D eigenvalue weighted by atomic mass is 10.0. The lowest BCUT2D eigenvalue weighted by molar-refractivity contribution is 0.117. The minimum absolute atomic E-state index is 0.0889. The van der Waals surface area contributed by atoms with Crippen LogP contribution in [0.3, 0.4) is 0 Å². The topological polar surface area (TPSA) is 79.2 Å². The molecule has 1 aromatic heterocycles. The number of carbonyl (C=O) groups is 1. The Hall–Kier alpha value is -2.34. The van der Waals surface area contributed by atoms with Gasteiger partial charge in [0.25, 0.3) is 0 Å². The van der Waals surface area contributed by atoms with Crippen molar-refractivity contribution in [2.24, 2.45) is 5.92 Å². The summed E-state index contributed by atoms with van der Waals surface area (Å²) in [5, 5.41) is 19.5. The van der Waals surface area contributed by atoms with Crippen LogP contribution in [0.1, 0.15) is 38.8 Å². The van der Waals surface area contributed by atoms with E-state index in [1.165, 1.54) is 0 Å². The smallest absolute Gasteiger partial charge is 0.320 e. The number of hydrogen-bond acceptors (Lipinski definition) is 3. The predicted octanol–water partition coefficient (Wildman–Crippen LogP) is 3.02. The van der Waals surface area contributed by atoms with E-state index < -0.39 is 6.10 Å². The van der Waals surface area contributed by atoms with Crippen molar-refractivity contribution in [3.8, 4) is 0 Å². The molecule has 0 aliphatic rings. The number of urea groups is 1. The van der Waals surface area contributed by atoms with Crippen LogP contribution in [0, 0.1) is 5.92 Å². The molecule has 0 saturated heterocycles. The average Bonchev–Trinajstić information content (AvgIpc) is 3.03. The number of aliphatic hydroxyl groups is 1. The van der Waals surface area contributed by atoms with Crippen molar-refractivity contribution < 1.29 is 9.90 Å². The maximum absolute atomic E-state index is 11.9. The van der Waals surface area contributed by atoms with Gasteiger partial charge in [-0.05, 0) is 24.8 Å². The molecule has 3 N–H and O–H groups in total. The number of anilines is 1. The Labute approximate surface area is 142 Å². The Morgan fingerprint density at radius 2 is 1.92 bits per heavy atom. The lowest BCUT2D eigenvalue weighted by Gasteiger charge is -2.14. The van der Waals surface area contributed by atoms with Crippen LogP contribution in [0.2, 0.25) is 0 Å². The normalized spacial score (nSPS) is 13.5. The first-order valence-corrected chi connectivity index (χ1v) is 8.30. The van der Waals surface area contributed by atoms with Gasteiger partial charge in [-0.25, -0.2) is 4.79 Å². The molecular weight excluding hydrogens is 304 g/mol. The number of hydrogen-bond donors (Lipinski definition) is 3. The van der Waals surface area contributed by atoms with Crippen LogP contribution in [0.5, 0.6) is 0 Å². The van der Waals surface area contributed by atoms with Gasteiger partial charge in [0.2, 0.25) is 0 Å². The van der Waals surface area contributed by atoms with E-state index in [-0.39, 0.29) is 18.0 Å². The fourth-order valence-electron chi connectivity index (χ4n) is 2.33. The van der Waals surface area contributed by atoms with Gasteiger partial charge < -0.3 is 10.4 Å². The number of aromatic nitrogens is 2. The largest absolute Gasteiger partial charge is 0.393 e. The molecule has 2 aromatic rings. The van der Waals surface area contributed by atoms with Crippen LogP contribution < -0.4 is 10.6 Å². The highest BCUT2D eigenvalue weighted by atomic mass is 16.3. The molecular formula is C18H26N4O2. The molecule has 2 unspecified atom stereocenters. The summed E-state index contributed by atoms with van der Waals surface area (Å²) in [5.74, 6) is 0.685. The Balaban J connectivity index is 1.84. The zero-order valence-electron chi connectivity index (χ0n) is 14.4. The number of nitrogens with one attached hydrogen (secondary N) is 2. The van der Waals surface area contributed by atoms with Crippen LogP contribution in [0.15, 0.2) is 42.6 Å². The Bertz CT molecular complexity index is 639. The molecule has 6 nitrogen and oxygen atoms in total. The van der Waals surface area contributed by atoms with Crippen molar-refractivity contribution >= 4 is 11.8 Å². The molecule has 2 atom stereocenters. The van der Waals surface area contributed by atoms with Gasteiger partial charge in [-0.3, -0.25) is 10.00 Å². The molecule has 2 amide bonds. The molecule has 24 heavy (non-hydrogen) atoms. The number of nitrogens with zero attached hydrogens (tertiary/aromatic N) is 2. The first-order chi connectivity index (χ1) is 11.5. The molecule has 1 heterocycles. The molecule has 0 bridgehead atoms. The van der Waals surface area contributed by atoms with Gasteiger partial charge in [-0.2, -0.15) is 5.10 Å². The molecule has 0 aliphatic carbocycles. The van der Waals surface area contributed by atoms with Gasteiger partial charge in [0.15, 0.2) is 5.82 Å². The maximum atomic E-state index is 11.9. The Kier molecular flexibility index (Phi) is 6.37. The van der Waals surface area contributed by atoms with Gasteiger partial charge in [0.05, 0.1) is 12.1 Å². The number of aliphatic hydroxyl groups excluding tert-OH is 1. The standard InChI is InChI=1S/C18H26N4O2/c1-13(2)16(23)9-11-19-18(24)20-17-10-12-22(21-17)14(3)15-7-5-4-6-8-15/h4-8,10,12-14,16,23H,9,11H2,1-3H3,(H2,19,20,21,24). The quantitative estimate of drug-likeness (QED) is 0.730. The predicted molar refractivity (Wildman–Crippen MR) is 95.0 cm³/mol. The van der Waals surface area contributed by atoms with E-state index in [0.29, 0.717) is 18.8 Å². The summed E-state index contributed by atoms with van der Waals surface area (Å²) >= 11 is 0. The highest BCUT2D eigenvalue weighted by Crippen LogP contribution is 2.17. The fraction of sp³-hybridized carbons (Fsp3) is 0.444. The molecule has 0 fully saturated rings. The summed E-state index contributed by atoms with van der Waals surface area (Å²) in [7, 11) is 0. The third kappa shape index (κ3) is 5.09. The van der Waals surface area contributed by atoms with Crippen LogP contribution in [0.4, 0.5) is 10.6 Å². The summed E-state index contributed by atoms with van der Waals surface area (Å²) in [6.07, 6.45) is 1.97. The summed E-state index contributed by atoms with van der Waals surface area (Å²) in [6, 6.07) is 11.6. The fourth-order valence-corrected chi connectivity index (χ4v) is 2.33. The molecule has 2 rings (SSSR count). The van der Waals surface area contributed by atoms with Crippen LogP contribution in [0.25, 0.3) is 0 Å². The van der Waals surface area contributed by atoms with Crippen LogP contribution in [-0.2, 0) is 0 Å². The molecule has 0 spiro atoms. The minimum atomic E-state index is -0.406. The van der Waals surface area contributed by atoms with E-state index in [1.54, 1.807) is 6.07 Å².